The molecular weight excluding hydrogens is 352 g/mol. The van der Waals surface area contributed by atoms with E-state index in [1.165, 1.54) is 0 Å². The number of benzene rings is 3. The minimum Gasteiger partial charge on any atom is -0.455 e. The van der Waals surface area contributed by atoms with Crippen molar-refractivity contribution in [3.63, 3.8) is 0 Å². The third-order valence-electron chi connectivity index (χ3n) is 4.14. The van der Waals surface area contributed by atoms with Crippen LogP contribution < -0.4 is 15.4 Å². The standard InChI is InChI=1S/C23H22N2O3/c1-16-9-8-12-19(15-16)28-21-14-7-6-13-20(21)25-22(26)17(2)24-23(27)18-10-4-3-5-11-18/h3-15,17H,1-2H3,(H,24,27)(H,25,26). The van der Waals surface area contributed by atoms with Gasteiger partial charge < -0.3 is 15.4 Å². The number of amides is 2. The maximum atomic E-state index is 12.6. The molecule has 5 nitrogen and oxygen atoms in total. The second kappa shape index (κ2) is 8.86. The molecule has 2 amide bonds. The van der Waals surface area contributed by atoms with Gasteiger partial charge in [-0.1, -0.05) is 42.5 Å². The number of hydrogen-bond donors (Lipinski definition) is 2. The Morgan fingerprint density at radius 3 is 2.36 bits per heavy atom. The number of aryl methyl sites for hydroxylation is 1. The first-order chi connectivity index (χ1) is 13.5. The first-order valence-corrected chi connectivity index (χ1v) is 9.03. The van der Waals surface area contributed by atoms with Crippen LogP contribution >= 0.6 is 0 Å². The molecule has 3 aromatic carbocycles. The number of carbonyl (C=O) groups is 2. The van der Waals surface area contributed by atoms with Crippen molar-refractivity contribution < 1.29 is 14.3 Å². The van der Waals surface area contributed by atoms with Crippen LogP contribution in [0, 0.1) is 6.92 Å². The van der Waals surface area contributed by atoms with Gasteiger partial charge in [0.2, 0.25) is 5.91 Å². The Kier molecular flexibility index (Phi) is 6.07. The first-order valence-electron chi connectivity index (χ1n) is 9.03. The Labute approximate surface area is 164 Å². The van der Waals surface area contributed by atoms with Gasteiger partial charge in [-0.3, -0.25) is 9.59 Å². The van der Waals surface area contributed by atoms with E-state index < -0.39 is 6.04 Å². The van der Waals surface area contributed by atoms with Gasteiger partial charge in [0.05, 0.1) is 5.69 Å². The van der Waals surface area contributed by atoms with Crippen LogP contribution in [0.3, 0.4) is 0 Å². The summed E-state index contributed by atoms with van der Waals surface area (Å²) in [6.45, 7) is 3.62. The molecule has 2 N–H and O–H groups in total. The summed E-state index contributed by atoms with van der Waals surface area (Å²) in [6.07, 6.45) is 0. The molecule has 3 aromatic rings. The number of hydrogen-bond acceptors (Lipinski definition) is 3. The van der Waals surface area contributed by atoms with E-state index in [1.807, 2.05) is 49.4 Å². The molecule has 0 fully saturated rings. The highest BCUT2D eigenvalue weighted by atomic mass is 16.5. The number of para-hydroxylation sites is 2. The second-order valence-electron chi connectivity index (χ2n) is 6.47. The highest BCUT2D eigenvalue weighted by Gasteiger charge is 2.18. The summed E-state index contributed by atoms with van der Waals surface area (Å²) in [5, 5.41) is 5.52. The minimum absolute atomic E-state index is 0.299. The zero-order chi connectivity index (χ0) is 19.9. The number of ether oxygens (including phenoxy) is 1. The SMILES string of the molecule is Cc1cccc(Oc2ccccc2NC(=O)C(C)NC(=O)c2ccccc2)c1. The summed E-state index contributed by atoms with van der Waals surface area (Å²) >= 11 is 0. The van der Waals surface area contributed by atoms with Crippen molar-refractivity contribution >= 4 is 17.5 Å². The quantitative estimate of drug-likeness (QED) is 0.665. The average molecular weight is 374 g/mol. The van der Waals surface area contributed by atoms with E-state index in [1.54, 1.807) is 43.3 Å². The van der Waals surface area contributed by atoms with Crippen molar-refractivity contribution in [1.82, 2.24) is 5.32 Å². The third kappa shape index (κ3) is 4.98. The predicted octanol–water partition coefficient (Wildman–Crippen LogP) is 4.54. The van der Waals surface area contributed by atoms with E-state index in [2.05, 4.69) is 10.6 Å². The fraction of sp³-hybridized carbons (Fsp3) is 0.130. The molecule has 1 atom stereocenters. The van der Waals surface area contributed by atoms with E-state index in [0.717, 1.165) is 5.56 Å². The Hall–Kier alpha value is -3.60. The third-order valence-corrected chi connectivity index (χ3v) is 4.14. The Bertz CT molecular complexity index is 970. The molecular formula is C23H22N2O3. The lowest BCUT2D eigenvalue weighted by Crippen LogP contribution is -2.41. The molecule has 28 heavy (non-hydrogen) atoms. The minimum atomic E-state index is -0.709. The molecule has 0 aliphatic rings. The van der Waals surface area contributed by atoms with Crippen molar-refractivity contribution in [3.05, 3.63) is 90.0 Å². The smallest absolute Gasteiger partial charge is 0.251 e. The van der Waals surface area contributed by atoms with Crippen LogP contribution in [0.1, 0.15) is 22.8 Å². The van der Waals surface area contributed by atoms with Gasteiger partial charge in [-0.25, -0.2) is 0 Å². The van der Waals surface area contributed by atoms with E-state index >= 15 is 0 Å². The van der Waals surface area contributed by atoms with Crippen LogP contribution in [0.4, 0.5) is 5.69 Å². The highest BCUT2D eigenvalue weighted by Crippen LogP contribution is 2.29. The zero-order valence-corrected chi connectivity index (χ0v) is 15.8. The molecule has 0 aliphatic heterocycles. The topological polar surface area (TPSA) is 67.4 Å². The zero-order valence-electron chi connectivity index (χ0n) is 15.8. The molecule has 0 bridgehead atoms. The van der Waals surface area contributed by atoms with E-state index in [0.29, 0.717) is 22.7 Å². The summed E-state index contributed by atoms with van der Waals surface area (Å²) in [5.41, 5.74) is 2.12. The molecule has 0 saturated heterocycles. The Morgan fingerprint density at radius 2 is 1.61 bits per heavy atom. The number of carbonyl (C=O) groups excluding carboxylic acids is 2. The van der Waals surface area contributed by atoms with E-state index in [9.17, 15) is 9.59 Å². The van der Waals surface area contributed by atoms with Crippen molar-refractivity contribution in [2.75, 3.05) is 5.32 Å². The lowest BCUT2D eigenvalue weighted by atomic mass is 10.2. The lowest BCUT2D eigenvalue weighted by Gasteiger charge is -2.16. The summed E-state index contributed by atoms with van der Waals surface area (Å²) in [7, 11) is 0. The van der Waals surface area contributed by atoms with Crippen molar-refractivity contribution in [3.8, 4) is 11.5 Å². The largest absolute Gasteiger partial charge is 0.455 e. The maximum Gasteiger partial charge on any atom is 0.251 e. The fourth-order valence-corrected chi connectivity index (χ4v) is 2.64. The molecule has 3 rings (SSSR count). The van der Waals surface area contributed by atoms with Gasteiger partial charge in [0.25, 0.3) is 5.91 Å². The molecule has 0 aliphatic carbocycles. The first kappa shape index (κ1) is 19.2. The van der Waals surface area contributed by atoms with Gasteiger partial charge in [0.1, 0.15) is 11.8 Å². The summed E-state index contributed by atoms with van der Waals surface area (Å²) < 4.78 is 5.92. The number of anilines is 1. The average Bonchev–Trinajstić information content (AvgIpc) is 2.70. The van der Waals surface area contributed by atoms with E-state index in [-0.39, 0.29) is 11.8 Å². The van der Waals surface area contributed by atoms with Gasteiger partial charge in [-0.15, -0.1) is 0 Å². The molecule has 0 aromatic heterocycles. The Morgan fingerprint density at radius 1 is 0.893 bits per heavy atom. The molecule has 0 saturated carbocycles. The normalized spacial score (nSPS) is 11.4. The summed E-state index contributed by atoms with van der Waals surface area (Å²) in [4.78, 5) is 24.8. The molecule has 1 unspecified atom stereocenters. The van der Waals surface area contributed by atoms with Gasteiger partial charge >= 0.3 is 0 Å². The van der Waals surface area contributed by atoms with Gasteiger partial charge in [-0.05, 0) is 55.8 Å². The van der Waals surface area contributed by atoms with Crippen LogP contribution in [0.15, 0.2) is 78.9 Å². The van der Waals surface area contributed by atoms with E-state index in [4.69, 9.17) is 4.74 Å². The Balaban J connectivity index is 1.67. The highest BCUT2D eigenvalue weighted by molar-refractivity contribution is 6.01. The van der Waals surface area contributed by atoms with Crippen LogP contribution in [0.2, 0.25) is 0 Å². The van der Waals surface area contributed by atoms with Gasteiger partial charge in [0.15, 0.2) is 5.75 Å². The predicted molar refractivity (Wildman–Crippen MR) is 110 cm³/mol. The van der Waals surface area contributed by atoms with Gasteiger partial charge in [-0.2, -0.15) is 0 Å². The molecule has 0 spiro atoms. The maximum absolute atomic E-state index is 12.6. The molecule has 0 radical (unpaired) electrons. The van der Waals surface area contributed by atoms with Gasteiger partial charge in [0, 0.05) is 5.56 Å². The van der Waals surface area contributed by atoms with Crippen LogP contribution in [-0.4, -0.2) is 17.9 Å². The second-order valence-corrected chi connectivity index (χ2v) is 6.47. The number of rotatable bonds is 6. The molecule has 142 valence electrons. The van der Waals surface area contributed by atoms with Crippen molar-refractivity contribution in [2.24, 2.45) is 0 Å². The van der Waals surface area contributed by atoms with Crippen molar-refractivity contribution in [1.29, 1.82) is 0 Å². The van der Waals surface area contributed by atoms with Crippen LogP contribution in [-0.2, 0) is 4.79 Å². The van der Waals surface area contributed by atoms with Crippen LogP contribution in [0.25, 0.3) is 0 Å². The monoisotopic (exact) mass is 374 g/mol. The van der Waals surface area contributed by atoms with Crippen LogP contribution in [0.5, 0.6) is 11.5 Å². The summed E-state index contributed by atoms with van der Waals surface area (Å²) in [5.74, 6) is 0.590. The lowest BCUT2D eigenvalue weighted by molar-refractivity contribution is -0.117. The fourth-order valence-electron chi connectivity index (χ4n) is 2.64. The van der Waals surface area contributed by atoms with Crippen molar-refractivity contribution in [2.45, 2.75) is 19.9 Å². The molecule has 5 heteroatoms. The molecule has 0 heterocycles. The number of nitrogens with one attached hydrogen (secondary N) is 2. The summed E-state index contributed by atoms with van der Waals surface area (Å²) in [6, 6.07) is 22.9.